The van der Waals surface area contributed by atoms with Gasteiger partial charge < -0.3 is 5.11 Å². The van der Waals surface area contributed by atoms with Crippen molar-refractivity contribution in [3.8, 4) is 0 Å². The SMILES string of the molecule is CC(C)=CC1(Cl)C(C)(C)C1(Cl)C(=O)O. The number of aliphatic carboxylic acids is 1. The van der Waals surface area contributed by atoms with Crippen molar-refractivity contribution in [1.29, 1.82) is 0 Å². The molecule has 0 saturated heterocycles. The summed E-state index contributed by atoms with van der Waals surface area (Å²) in [5, 5.41) is 9.05. The molecule has 80 valence electrons. The fraction of sp³-hybridized carbons (Fsp3) is 0.700. The zero-order valence-corrected chi connectivity index (χ0v) is 10.2. The highest BCUT2D eigenvalue weighted by Gasteiger charge is 2.85. The van der Waals surface area contributed by atoms with Crippen molar-refractivity contribution in [2.45, 2.75) is 37.4 Å². The van der Waals surface area contributed by atoms with Crippen molar-refractivity contribution >= 4 is 29.2 Å². The minimum Gasteiger partial charge on any atom is -0.480 e. The minimum absolute atomic E-state index is 0.633. The van der Waals surface area contributed by atoms with E-state index in [-0.39, 0.29) is 0 Å². The van der Waals surface area contributed by atoms with E-state index in [4.69, 9.17) is 28.3 Å². The van der Waals surface area contributed by atoms with Gasteiger partial charge in [0.25, 0.3) is 0 Å². The Morgan fingerprint density at radius 2 is 1.71 bits per heavy atom. The monoisotopic (exact) mass is 236 g/mol. The van der Waals surface area contributed by atoms with E-state index in [0.717, 1.165) is 5.57 Å². The highest BCUT2D eigenvalue weighted by Crippen LogP contribution is 2.73. The van der Waals surface area contributed by atoms with Gasteiger partial charge >= 0.3 is 5.97 Å². The topological polar surface area (TPSA) is 37.3 Å². The van der Waals surface area contributed by atoms with E-state index in [9.17, 15) is 4.79 Å². The fourth-order valence-corrected chi connectivity index (χ4v) is 2.97. The lowest BCUT2D eigenvalue weighted by molar-refractivity contribution is -0.138. The van der Waals surface area contributed by atoms with Crippen molar-refractivity contribution in [2.24, 2.45) is 5.41 Å². The van der Waals surface area contributed by atoms with Gasteiger partial charge in [0.1, 0.15) is 4.87 Å². The minimum atomic E-state index is -1.39. The lowest BCUT2D eigenvalue weighted by atomic mass is 10.1. The first-order valence-electron chi connectivity index (χ1n) is 4.38. The smallest absolute Gasteiger partial charge is 0.327 e. The van der Waals surface area contributed by atoms with Crippen molar-refractivity contribution in [1.82, 2.24) is 0 Å². The van der Waals surface area contributed by atoms with E-state index in [0.29, 0.717) is 0 Å². The number of halogens is 2. The second-order valence-corrected chi connectivity index (χ2v) is 5.69. The van der Waals surface area contributed by atoms with Crippen LogP contribution in [0.2, 0.25) is 0 Å². The lowest BCUT2D eigenvalue weighted by Crippen LogP contribution is -2.24. The van der Waals surface area contributed by atoms with E-state index in [2.05, 4.69) is 0 Å². The average molecular weight is 237 g/mol. The van der Waals surface area contributed by atoms with E-state index in [1.165, 1.54) is 0 Å². The van der Waals surface area contributed by atoms with Gasteiger partial charge in [-0.15, -0.1) is 23.2 Å². The quantitative estimate of drug-likeness (QED) is 0.592. The molecule has 1 fully saturated rings. The van der Waals surface area contributed by atoms with E-state index < -0.39 is 21.1 Å². The largest absolute Gasteiger partial charge is 0.480 e. The van der Waals surface area contributed by atoms with Gasteiger partial charge in [0, 0.05) is 5.41 Å². The van der Waals surface area contributed by atoms with Crippen LogP contribution in [0.5, 0.6) is 0 Å². The Morgan fingerprint density at radius 1 is 1.29 bits per heavy atom. The summed E-state index contributed by atoms with van der Waals surface area (Å²) in [4.78, 5) is 8.68. The Balaban J connectivity index is 3.18. The molecule has 4 heteroatoms. The number of hydrogen-bond donors (Lipinski definition) is 1. The number of hydrogen-bond acceptors (Lipinski definition) is 1. The summed E-state index contributed by atoms with van der Waals surface area (Å²) in [6.45, 7) is 7.27. The first kappa shape index (κ1) is 11.9. The highest BCUT2D eigenvalue weighted by molar-refractivity contribution is 6.49. The molecule has 1 aliphatic carbocycles. The van der Waals surface area contributed by atoms with E-state index >= 15 is 0 Å². The van der Waals surface area contributed by atoms with Crippen LogP contribution in [0.1, 0.15) is 27.7 Å². The molecular formula is C10H14Cl2O2. The van der Waals surface area contributed by atoms with Crippen LogP contribution in [0, 0.1) is 5.41 Å². The summed E-state index contributed by atoms with van der Waals surface area (Å²) >= 11 is 12.3. The number of carbonyl (C=O) groups is 1. The van der Waals surface area contributed by atoms with Crippen LogP contribution < -0.4 is 0 Å². The van der Waals surface area contributed by atoms with Crippen LogP contribution in [0.4, 0.5) is 0 Å². The average Bonchev–Trinajstić information content (AvgIpc) is 2.30. The van der Waals surface area contributed by atoms with Gasteiger partial charge in [0.2, 0.25) is 0 Å². The molecule has 0 aromatic carbocycles. The summed E-state index contributed by atoms with van der Waals surface area (Å²) in [7, 11) is 0. The number of rotatable bonds is 2. The molecule has 0 aromatic rings. The maximum absolute atomic E-state index is 11.1. The molecule has 1 N–H and O–H groups in total. The van der Waals surface area contributed by atoms with Gasteiger partial charge in [-0.25, -0.2) is 0 Å². The molecule has 0 amide bonds. The van der Waals surface area contributed by atoms with Crippen LogP contribution in [0.25, 0.3) is 0 Å². The molecule has 2 nitrogen and oxygen atoms in total. The third kappa shape index (κ3) is 1.07. The Labute approximate surface area is 93.9 Å². The summed E-state index contributed by atoms with van der Waals surface area (Å²) in [5.74, 6) is -1.06. The highest BCUT2D eigenvalue weighted by atomic mass is 35.5. The molecule has 14 heavy (non-hydrogen) atoms. The van der Waals surface area contributed by atoms with Gasteiger partial charge in [0.05, 0.1) is 0 Å². The van der Waals surface area contributed by atoms with Gasteiger partial charge in [-0.2, -0.15) is 0 Å². The molecule has 2 atom stereocenters. The number of carboxylic acids is 1. The van der Waals surface area contributed by atoms with Crippen LogP contribution in [-0.2, 0) is 4.79 Å². The van der Waals surface area contributed by atoms with Gasteiger partial charge in [-0.05, 0) is 13.8 Å². The molecule has 1 saturated carbocycles. The van der Waals surface area contributed by atoms with E-state index in [1.54, 1.807) is 19.9 Å². The van der Waals surface area contributed by atoms with Crippen LogP contribution in [0.3, 0.4) is 0 Å². The Morgan fingerprint density at radius 3 is 1.93 bits per heavy atom. The molecule has 0 aliphatic heterocycles. The van der Waals surface area contributed by atoms with E-state index in [1.807, 2.05) is 13.8 Å². The third-order valence-corrected chi connectivity index (χ3v) is 4.89. The summed E-state index contributed by atoms with van der Waals surface area (Å²) in [5.41, 5.74) is 0.337. The molecule has 0 spiro atoms. The Hall–Kier alpha value is -0.210. The second kappa shape index (κ2) is 2.89. The third-order valence-electron chi connectivity index (χ3n) is 2.99. The predicted molar refractivity (Wildman–Crippen MR) is 58.0 cm³/mol. The maximum Gasteiger partial charge on any atom is 0.327 e. The Kier molecular flexibility index (Phi) is 2.45. The normalized spacial score (nSPS) is 39.0. The molecule has 1 aliphatic rings. The molecule has 0 radical (unpaired) electrons. The van der Waals surface area contributed by atoms with Gasteiger partial charge in [-0.3, -0.25) is 4.79 Å². The van der Waals surface area contributed by atoms with Gasteiger partial charge in [0.15, 0.2) is 4.87 Å². The van der Waals surface area contributed by atoms with Crippen molar-refractivity contribution in [2.75, 3.05) is 0 Å². The van der Waals surface area contributed by atoms with Gasteiger partial charge in [-0.1, -0.05) is 25.5 Å². The molecule has 2 unspecified atom stereocenters. The number of alkyl halides is 2. The molecule has 0 heterocycles. The predicted octanol–water partition coefficient (Wildman–Crippen LogP) is 3.03. The molecule has 1 rings (SSSR count). The fourth-order valence-electron chi connectivity index (χ4n) is 1.90. The zero-order chi connectivity index (χ0) is 11.4. The molecule has 0 bridgehead atoms. The van der Waals surface area contributed by atoms with Crippen LogP contribution >= 0.6 is 23.2 Å². The first-order valence-corrected chi connectivity index (χ1v) is 5.14. The van der Waals surface area contributed by atoms with Crippen LogP contribution in [0.15, 0.2) is 11.6 Å². The number of carboxylic acid groups (broad SMARTS) is 1. The molecular weight excluding hydrogens is 223 g/mol. The van der Waals surface area contributed by atoms with Crippen molar-refractivity contribution < 1.29 is 9.90 Å². The lowest BCUT2D eigenvalue weighted by Gasteiger charge is -2.06. The summed E-state index contributed by atoms with van der Waals surface area (Å²) < 4.78 is 0. The number of allylic oxidation sites excluding steroid dienone is 2. The second-order valence-electron chi connectivity index (χ2n) is 4.52. The summed E-state index contributed by atoms with van der Waals surface area (Å²) in [6.07, 6.45) is 1.73. The standard InChI is InChI=1S/C10H14Cl2O2/c1-6(2)5-9(11)8(3,4)10(9,12)7(13)14/h5H,1-4H3,(H,13,14). The Bertz CT molecular complexity index is 318. The first-order chi connectivity index (χ1) is 6.11. The summed E-state index contributed by atoms with van der Waals surface area (Å²) in [6, 6.07) is 0. The zero-order valence-electron chi connectivity index (χ0n) is 8.69. The van der Waals surface area contributed by atoms with Crippen molar-refractivity contribution in [3.63, 3.8) is 0 Å². The van der Waals surface area contributed by atoms with Crippen molar-refractivity contribution in [3.05, 3.63) is 11.6 Å². The maximum atomic E-state index is 11.1. The van der Waals surface area contributed by atoms with Crippen LogP contribution in [-0.4, -0.2) is 20.8 Å². The molecule has 0 aromatic heterocycles.